The molecule has 4 nitrogen and oxygen atoms in total. The van der Waals surface area contributed by atoms with Gasteiger partial charge in [-0.3, -0.25) is 10.1 Å². The van der Waals surface area contributed by atoms with Gasteiger partial charge in [0.05, 0.1) is 4.92 Å². The molecule has 0 atom stereocenters. The number of aromatic nitrogens is 1. The summed E-state index contributed by atoms with van der Waals surface area (Å²) in [6.45, 7) is 6.85. The van der Waals surface area contributed by atoms with Gasteiger partial charge in [-0.2, -0.15) is 0 Å². The van der Waals surface area contributed by atoms with Crippen molar-refractivity contribution in [2.24, 2.45) is 0 Å². The number of nitrogens with zero attached hydrogens (tertiary/aromatic N) is 2. The molecule has 5 heteroatoms. The minimum Gasteiger partial charge on any atom is -0.347 e. The molecule has 2 aromatic rings. The van der Waals surface area contributed by atoms with Crippen molar-refractivity contribution in [2.45, 2.75) is 27.3 Å². The summed E-state index contributed by atoms with van der Waals surface area (Å²) in [6, 6.07) is 5.13. The van der Waals surface area contributed by atoms with Crippen LogP contribution in [0.15, 0.2) is 28.9 Å². The molecule has 0 aliphatic carbocycles. The molecule has 0 aliphatic rings. The molecule has 0 fully saturated rings. The van der Waals surface area contributed by atoms with Crippen molar-refractivity contribution in [3.63, 3.8) is 0 Å². The number of nitro benzene ring substituents is 1. The van der Waals surface area contributed by atoms with Gasteiger partial charge in [0.2, 0.25) is 0 Å². The zero-order valence-corrected chi connectivity index (χ0v) is 12.7. The SMILES string of the molecule is Cc1cn(Cc2cccc([N+](=O)[O-])c2Br)c(C)c1C. The molecule has 1 heterocycles. The molecule has 0 saturated heterocycles. The molecule has 1 aromatic heterocycles. The van der Waals surface area contributed by atoms with Gasteiger partial charge in [-0.15, -0.1) is 0 Å². The maximum absolute atomic E-state index is 10.9. The van der Waals surface area contributed by atoms with E-state index in [2.05, 4.69) is 47.5 Å². The van der Waals surface area contributed by atoms with Crippen LogP contribution in [0.1, 0.15) is 22.4 Å². The Bertz CT molecular complexity index is 647. The number of halogens is 1. The quantitative estimate of drug-likeness (QED) is 0.630. The number of benzene rings is 1. The van der Waals surface area contributed by atoms with Gasteiger partial charge >= 0.3 is 0 Å². The van der Waals surface area contributed by atoms with Crippen LogP contribution in [0.25, 0.3) is 0 Å². The number of hydrogen-bond donors (Lipinski definition) is 0. The second-order valence-electron chi connectivity index (χ2n) is 4.66. The highest BCUT2D eigenvalue weighted by Crippen LogP contribution is 2.29. The normalized spacial score (nSPS) is 10.7. The maximum Gasteiger partial charge on any atom is 0.283 e. The summed E-state index contributed by atoms with van der Waals surface area (Å²) < 4.78 is 2.68. The molecular formula is C14H15BrN2O2. The van der Waals surface area contributed by atoms with Gasteiger partial charge < -0.3 is 4.57 Å². The van der Waals surface area contributed by atoms with Crippen LogP contribution in [0.4, 0.5) is 5.69 Å². The van der Waals surface area contributed by atoms with Crippen LogP contribution in [0.3, 0.4) is 0 Å². The first-order valence-electron chi connectivity index (χ1n) is 5.96. The van der Waals surface area contributed by atoms with E-state index in [1.165, 1.54) is 22.9 Å². The van der Waals surface area contributed by atoms with Crippen LogP contribution >= 0.6 is 15.9 Å². The summed E-state index contributed by atoms with van der Waals surface area (Å²) in [5.74, 6) is 0. The van der Waals surface area contributed by atoms with Gasteiger partial charge in [-0.25, -0.2) is 0 Å². The summed E-state index contributed by atoms with van der Waals surface area (Å²) in [7, 11) is 0. The van der Waals surface area contributed by atoms with Crippen LogP contribution in [0.2, 0.25) is 0 Å². The van der Waals surface area contributed by atoms with Gasteiger partial charge in [-0.05, 0) is 53.4 Å². The van der Waals surface area contributed by atoms with Crippen LogP contribution in [-0.2, 0) is 6.54 Å². The zero-order chi connectivity index (χ0) is 14.2. The topological polar surface area (TPSA) is 48.1 Å². The van der Waals surface area contributed by atoms with E-state index in [0.717, 1.165) is 5.56 Å². The van der Waals surface area contributed by atoms with Gasteiger partial charge in [0.15, 0.2) is 0 Å². The fourth-order valence-corrected chi connectivity index (χ4v) is 2.64. The van der Waals surface area contributed by atoms with E-state index in [9.17, 15) is 10.1 Å². The van der Waals surface area contributed by atoms with Gasteiger partial charge in [0, 0.05) is 24.5 Å². The zero-order valence-electron chi connectivity index (χ0n) is 11.1. The lowest BCUT2D eigenvalue weighted by Crippen LogP contribution is -2.02. The average Bonchev–Trinajstić information content (AvgIpc) is 2.59. The van der Waals surface area contributed by atoms with E-state index in [0.29, 0.717) is 11.0 Å². The largest absolute Gasteiger partial charge is 0.347 e. The van der Waals surface area contributed by atoms with Crippen molar-refractivity contribution in [1.29, 1.82) is 0 Å². The minimum atomic E-state index is -0.368. The van der Waals surface area contributed by atoms with Crippen molar-refractivity contribution in [3.05, 3.63) is 61.4 Å². The first-order chi connectivity index (χ1) is 8.91. The highest BCUT2D eigenvalue weighted by atomic mass is 79.9. The summed E-state index contributed by atoms with van der Waals surface area (Å²) in [5, 5.41) is 10.9. The Morgan fingerprint density at radius 1 is 1.32 bits per heavy atom. The highest BCUT2D eigenvalue weighted by molar-refractivity contribution is 9.10. The van der Waals surface area contributed by atoms with Crippen LogP contribution in [-0.4, -0.2) is 9.49 Å². The standard InChI is InChI=1S/C14H15BrN2O2/c1-9-7-16(11(3)10(9)2)8-12-5-4-6-13(14(12)15)17(18)19/h4-7H,8H2,1-3H3. The van der Waals surface area contributed by atoms with Crippen molar-refractivity contribution in [1.82, 2.24) is 4.57 Å². The van der Waals surface area contributed by atoms with E-state index in [-0.39, 0.29) is 10.6 Å². The number of hydrogen-bond acceptors (Lipinski definition) is 2. The van der Waals surface area contributed by atoms with Gasteiger partial charge in [-0.1, -0.05) is 12.1 Å². The molecule has 100 valence electrons. The second kappa shape index (κ2) is 5.17. The minimum absolute atomic E-state index is 0.107. The van der Waals surface area contributed by atoms with Crippen LogP contribution < -0.4 is 0 Å². The van der Waals surface area contributed by atoms with Gasteiger partial charge in [0.1, 0.15) is 4.47 Å². The molecule has 0 saturated carbocycles. The molecule has 0 N–H and O–H groups in total. The van der Waals surface area contributed by atoms with E-state index in [1.54, 1.807) is 6.07 Å². The predicted octanol–water partition coefficient (Wildman–Crippen LogP) is 4.13. The van der Waals surface area contributed by atoms with E-state index < -0.39 is 0 Å². The predicted molar refractivity (Wildman–Crippen MR) is 78.5 cm³/mol. The number of nitro groups is 1. The molecule has 1 aromatic carbocycles. The molecule has 0 amide bonds. The van der Waals surface area contributed by atoms with Crippen LogP contribution in [0.5, 0.6) is 0 Å². The summed E-state index contributed by atoms with van der Waals surface area (Å²) >= 11 is 3.33. The summed E-state index contributed by atoms with van der Waals surface area (Å²) in [6.07, 6.45) is 2.08. The number of aryl methyl sites for hydroxylation is 1. The Morgan fingerprint density at radius 3 is 2.53 bits per heavy atom. The monoisotopic (exact) mass is 322 g/mol. The van der Waals surface area contributed by atoms with Crippen molar-refractivity contribution < 1.29 is 4.92 Å². The van der Waals surface area contributed by atoms with Crippen molar-refractivity contribution in [2.75, 3.05) is 0 Å². The smallest absolute Gasteiger partial charge is 0.283 e. The van der Waals surface area contributed by atoms with Gasteiger partial charge in [0.25, 0.3) is 5.69 Å². The highest BCUT2D eigenvalue weighted by Gasteiger charge is 2.15. The lowest BCUT2D eigenvalue weighted by Gasteiger charge is -2.09. The Labute approximate surface area is 120 Å². The first kappa shape index (κ1) is 13.8. The molecule has 0 unspecified atom stereocenters. The molecule has 0 radical (unpaired) electrons. The Hall–Kier alpha value is -1.62. The van der Waals surface area contributed by atoms with Crippen molar-refractivity contribution >= 4 is 21.6 Å². The van der Waals surface area contributed by atoms with E-state index >= 15 is 0 Å². The third-order valence-corrected chi connectivity index (χ3v) is 4.43. The second-order valence-corrected chi connectivity index (χ2v) is 5.45. The third kappa shape index (κ3) is 2.56. The third-order valence-electron chi connectivity index (χ3n) is 3.51. The van der Waals surface area contributed by atoms with E-state index in [4.69, 9.17) is 0 Å². The fourth-order valence-electron chi connectivity index (χ4n) is 2.11. The summed E-state index contributed by atoms with van der Waals surface area (Å²) in [4.78, 5) is 10.6. The van der Waals surface area contributed by atoms with E-state index in [1.807, 2.05) is 6.07 Å². The Morgan fingerprint density at radius 2 is 2.00 bits per heavy atom. The average molecular weight is 323 g/mol. The lowest BCUT2D eigenvalue weighted by atomic mass is 10.2. The maximum atomic E-state index is 10.9. The Kier molecular flexibility index (Phi) is 3.75. The lowest BCUT2D eigenvalue weighted by molar-refractivity contribution is -0.385. The molecule has 19 heavy (non-hydrogen) atoms. The summed E-state index contributed by atoms with van der Waals surface area (Å²) in [5.41, 5.74) is 4.71. The molecule has 2 rings (SSSR count). The first-order valence-corrected chi connectivity index (χ1v) is 6.76. The number of rotatable bonds is 3. The molecular weight excluding hydrogens is 308 g/mol. The van der Waals surface area contributed by atoms with Crippen molar-refractivity contribution in [3.8, 4) is 0 Å². The molecule has 0 aliphatic heterocycles. The van der Waals surface area contributed by atoms with Crippen LogP contribution in [0, 0.1) is 30.9 Å². The molecule has 0 spiro atoms. The Balaban J connectivity index is 2.41. The molecule has 0 bridgehead atoms. The fraction of sp³-hybridized carbons (Fsp3) is 0.286.